The summed E-state index contributed by atoms with van der Waals surface area (Å²) in [6, 6.07) is 6.93. The van der Waals surface area contributed by atoms with Gasteiger partial charge in [-0.25, -0.2) is 14.4 Å². The number of aliphatic hydroxyl groups excluding tert-OH is 1. The Labute approximate surface area is 245 Å². The molecule has 4 rings (SSSR count). The van der Waals surface area contributed by atoms with Crippen LogP contribution in [-0.4, -0.2) is 87.5 Å². The molecule has 14 heteroatoms. The minimum Gasteiger partial charge on any atom is -0.486 e. The van der Waals surface area contributed by atoms with Gasteiger partial charge < -0.3 is 24.5 Å². The fourth-order valence-electron chi connectivity index (χ4n) is 4.15. The number of carbonyl (C=O) groups is 1. The van der Waals surface area contributed by atoms with Crippen molar-refractivity contribution in [3.05, 3.63) is 42.5 Å². The minimum atomic E-state index is -1.83. The number of benzene rings is 1. The average Bonchev–Trinajstić information content (AvgIpc) is 3.40. The first-order valence-corrected chi connectivity index (χ1v) is 16.7. The molecule has 1 aromatic carbocycles. The molecule has 3 aromatic rings. The molecule has 1 aliphatic rings. The van der Waals surface area contributed by atoms with Gasteiger partial charge in [-0.1, -0.05) is 20.8 Å². The molecule has 3 heterocycles. The van der Waals surface area contributed by atoms with Crippen molar-refractivity contribution in [2.45, 2.75) is 64.1 Å². The van der Waals surface area contributed by atoms with Crippen LogP contribution in [0.15, 0.2) is 36.9 Å². The van der Waals surface area contributed by atoms with Gasteiger partial charge in [-0.3, -0.25) is 9.48 Å². The Morgan fingerprint density at radius 3 is 2.79 bits per heavy atom. The summed E-state index contributed by atoms with van der Waals surface area (Å²) in [4.78, 5) is 25.9. The van der Waals surface area contributed by atoms with Crippen LogP contribution in [0.5, 0.6) is 5.75 Å². The summed E-state index contributed by atoms with van der Waals surface area (Å²) in [6.07, 6.45) is 2.86. The number of nitrogens with one attached hydrogen (secondary N) is 1. The van der Waals surface area contributed by atoms with E-state index in [0.717, 1.165) is 0 Å². The summed E-state index contributed by atoms with van der Waals surface area (Å²) in [5, 5.41) is 26.4. The van der Waals surface area contributed by atoms with E-state index in [1.807, 2.05) is 6.20 Å². The topological polar surface area (TPSA) is 151 Å². The van der Waals surface area contributed by atoms with Gasteiger partial charge in [0.15, 0.2) is 20.3 Å². The highest BCUT2D eigenvalue weighted by Gasteiger charge is 2.37. The second-order valence-electron chi connectivity index (χ2n) is 11.6. The molecule has 0 radical (unpaired) electrons. The first-order chi connectivity index (χ1) is 19.9. The summed E-state index contributed by atoms with van der Waals surface area (Å²) in [6.45, 7) is 11.7. The highest BCUT2D eigenvalue weighted by Crippen LogP contribution is 2.36. The van der Waals surface area contributed by atoms with Crippen LogP contribution in [0.2, 0.25) is 18.1 Å². The molecular formula is C28H37FN8O4Si. The average molecular weight is 597 g/mol. The van der Waals surface area contributed by atoms with Gasteiger partial charge >= 0.3 is 0 Å². The zero-order valence-electron chi connectivity index (χ0n) is 24.5. The van der Waals surface area contributed by atoms with E-state index in [0.29, 0.717) is 36.2 Å². The smallest absolute Gasteiger partial charge is 0.248 e. The largest absolute Gasteiger partial charge is 0.486 e. The van der Waals surface area contributed by atoms with Crippen molar-refractivity contribution in [2.24, 2.45) is 0 Å². The quantitative estimate of drug-likeness (QED) is 0.332. The number of nitriles is 1. The minimum absolute atomic E-state index is 0.140. The molecule has 12 nitrogen and oxygen atoms in total. The van der Waals surface area contributed by atoms with Gasteiger partial charge in [0.2, 0.25) is 11.9 Å². The highest BCUT2D eigenvalue weighted by molar-refractivity contribution is 6.74. The number of rotatable bonds is 10. The van der Waals surface area contributed by atoms with E-state index in [9.17, 15) is 14.4 Å². The Balaban J connectivity index is 1.39. The lowest BCUT2D eigenvalue weighted by Crippen LogP contribution is -2.50. The molecular weight excluding hydrogens is 559 g/mol. The Bertz CT molecular complexity index is 1440. The van der Waals surface area contributed by atoms with Crippen LogP contribution in [0.3, 0.4) is 0 Å². The van der Waals surface area contributed by atoms with Gasteiger partial charge in [0, 0.05) is 24.7 Å². The van der Waals surface area contributed by atoms with E-state index in [1.165, 1.54) is 11.2 Å². The third kappa shape index (κ3) is 7.47. The normalized spacial score (nSPS) is 17.5. The van der Waals surface area contributed by atoms with Crippen molar-refractivity contribution < 1.29 is 23.5 Å². The zero-order chi connectivity index (χ0) is 30.5. The van der Waals surface area contributed by atoms with E-state index in [4.69, 9.17) is 14.3 Å². The number of hydrogen-bond donors (Lipinski definition) is 2. The van der Waals surface area contributed by atoms with Gasteiger partial charge in [0.25, 0.3) is 0 Å². The molecule has 1 fully saturated rings. The fourth-order valence-corrected chi connectivity index (χ4v) is 5.19. The maximum Gasteiger partial charge on any atom is 0.248 e. The van der Waals surface area contributed by atoms with Crippen LogP contribution < -0.4 is 10.1 Å². The standard InChI is InChI=1S/C28H37FN8O4Si/c1-28(2,3)42(4,5)40-11-10-37-15-21(14-33-37)34-27-32-18-31-26(35-27)19-6-7-23(20(12-19)13-30)41-24-8-9-36(16-22(24)29)25(39)17-38/h6-7,12,14-15,18,22,24,38H,8-11,16-17H2,1-5H3,(H,31,32,34,35)/t22-,24+/m1/s1. The molecule has 1 amide bonds. The fraction of sp³-hybridized carbons (Fsp3) is 0.500. The van der Waals surface area contributed by atoms with Crippen molar-refractivity contribution in [2.75, 3.05) is 31.6 Å². The molecule has 2 atom stereocenters. The molecule has 0 saturated carbocycles. The van der Waals surface area contributed by atoms with Crippen molar-refractivity contribution >= 4 is 25.9 Å². The number of aliphatic hydroxyl groups is 1. The number of amides is 1. The number of ether oxygens (including phenoxy) is 1. The zero-order valence-corrected chi connectivity index (χ0v) is 25.5. The molecule has 1 saturated heterocycles. The Hall–Kier alpha value is -3.93. The number of anilines is 2. The van der Waals surface area contributed by atoms with E-state index < -0.39 is 33.1 Å². The third-order valence-corrected chi connectivity index (χ3v) is 12.2. The molecule has 2 aromatic heterocycles. The van der Waals surface area contributed by atoms with Gasteiger partial charge in [-0.15, -0.1) is 0 Å². The SMILES string of the molecule is CC(C)(C)[Si](C)(C)OCCn1cc(Nc2ncnc(-c3ccc(O[C@H]4CCN(C(=O)CO)C[C@H]4F)c(C#N)c3)n2)cn1. The monoisotopic (exact) mass is 596 g/mol. The lowest BCUT2D eigenvalue weighted by molar-refractivity contribution is -0.138. The van der Waals surface area contributed by atoms with Gasteiger partial charge in [-0.05, 0) is 36.3 Å². The number of carbonyl (C=O) groups excluding carboxylic acids is 1. The maximum absolute atomic E-state index is 14.7. The first-order valence-electron chi connectivity index (χ1n) is 13.8. The van der Waals surface area contributed by atoms with Crippen LogP contribution in [0.1, 0.15) is 32.8 Å². The van der Waals surface area contributed by atoms with Crippen molar-refractivity contribution in [1.82, 2.24) is 29.6 Å². The molecule has 224 valence electrons. The number of likely N-dealkylation sites (tertiary alicyclic amines) is 1. The lowest BCUT2D eigenvalue weighted by atomic mass is 10.0. The molecule has 0 unspecified atom stereocenters. The highest BCUT2D eigenvalue weighted by atomic mass is 28.4. The molecule has 0 aliphatic carbocycles. The summed E-state index contributed by atoms with van der Waals surface area (Å²) >= 11 is 0. The van der Waals surface area contributed by atoms with Gasteiger partial charge in [0.05, 0.1) is 37.1 Å². The number of halogens is 1. The van der Waals surface area contributed by atoms with E-state index in [1.54, 1.807) is 29.1 Å². The van der Waals surface area contributed by atoms with Crippen LogP contribution in [0.4, 0.5) is 16.0 Å². The van der Waals surface area contributed by atoms with Crippen LogP contribution in [-0.2, 0) is 15.8 Å². The Morgan fingerprint density at radius 1 is 1.31 bits per heavy atom. The van der Waals surface area contributed by atoms with Crippen molar-refractivity contribution in [1.29, 1.82) is 5.26 Å². The number of aromatic nitrogens is 5. The summed E-state index contributed by atoms with van der Waals surface area (Å²) < 4.78 is 28.6. The second-order valence-corrected chi connectivity index (χ2v) is 16.4. The van der Waals surface area contributed by atoms with Crippen molar-refractivity contribution in [3.63, 3.8) is 0 Å². The molecule has 42 heavy (non-hydrogen) atoms. The second kappa shape index (κ2) is 12.9. The van der Waals surface area contributed by atoms with Crippen LogP contribution >= 0.6 is 0 Å². The van der Waals surface area contributed by atoms with Gasteiger partial charge in [0.1, 0.15) is 30.9 Å². The molecule has 0 bridgehead atoms. The molecule has 2 N–H and O–H groups in total. The van der Waals surface area contributed by atoms with E-state index in [2.05, 4.69) is 65.3 Å². The number of hydrogen-bond acceptors (Lipinski definition) is 10. The van der Waals surface area contributed by atoms with Crippen LogP contribution in [0.25, 0.3) is 11.4 Å². The molecule has 1 aliphatic heterocycles. The van der Waals surface area contributed by atoms with Crippen molar-refractivity contribution in [3.8, 4) is 23.2 Å². The predicted molar refractivity (Wildman–Crippen MR) is 156 cm³/mol. The Morgan fingerprint density at radius 2 is 2.10 bits per heavy atom. The molecule has 0 spiro atoms. The third-order valence-electron chi connectivity index (χ3n) is 7.66. The predicted octanol–water partition coefficient (Wildman–Crippen LogP) is 3.68. The van der Waals surface area contributed by atoms with Crippen LogP contribution in [0, 0.1) is 11.3 Å². The summed E-state index contributed by atoms with van der Waals surface area (Å²) in [7, 11) is -1.83. The maximum atomic E-state index is 14.7. The van der Waals surface area contributed by atoms with E-state index in [-0.39, 0.29) is 35.9 Å². The number of piperidine rings is 1. The first kappa shape index (κ1) is 31.0. The summed E-state index contributed by atoms with van der Waals surface area (Å²) in [5.74, 6) is 0.350. The number of nitrogens with zero attached hydrogens (tertiary/aromatic N) is 7. The van der Waals surface area contributed by atoms with Gasteiger partial charge in [-0.2, -0.15) is 15.3 Å². The lowest BCUT2D eigenvalue weighted by Gasteiger charge is -2.36. The Kier molecular flexibility index (Phi) is 9.55. The van der Waals surface area contributed by atoms with E-state index >= 15 is 0 Å². The summed E-state index contributed by atoms with van der Waals surface area (Å²) in [5.41, 5.74) is 1.46. The number of alkyl halides is 1.